The summed E-state index contributed by atoms with van der Waals surface area (Å²) in [6, 6.07) is 31.2. The molecule has 0 aliphatic carbocycles. The smallest absolute Gasteiger partial charge is 0.264 e. The number of aliphatic hydroxyl groups is 1. The van der Waals surface area contributed by atoms with Crippen LogP contribution in [0.3, 0.4) is 0 Å². The summed E-state index contributed by atoms with van der Waals surface area (Å²) in [5, 5.41) is 12.7. The van der Waals surface area contributed by atoms with Gasteiger partial charge in [-0.05, 0) is 66.7 Å². The van der Waals surface area contributed by atoms with Gasteiger partial charge in [-0.25, -0.2) is 0 Å². The third kappa shape index (κ3) is 6.82. The van der Waals surface area contributed by atoms with Gasteiger partial charge in [0.1, 0.15) is 0 Å². The molecule has 50 heavy (non-hydrogen) atoms. The molecule has 0 saturated carbocycles. The Hall–Kier alpha value is -4.81. The highest BCUT2D eigenvalue weighted by molar-refractivity contribution is 6.71. The Bertz CT molecular complexity index is 1850. The van der Waals surface area contributed by atoms with Gasteiger partial charge in [-0.3, -0.25) is 14.4 Å². The Labute approximate surface area is 293 Å². The van der Waals surface area contributed by atoms with Crippen LogP contribution >= 0.6 is 0 Å². The van der Waals surface area contributed by atoms with E-state index in [4.69, 9.17) is 10.5 Å². The number of hydrogen-bond acceptors (Lipinski definition) is 7. The molecule has 2 aliphatic heterocycles. The van der Waals surface area contributed by atoms with E-state index in [1.54, 1.807) is 46.2 Å². The number of nitrogens with two attached hydrogens (primary N) is 1. The first-order valence-electron chi connectivity index (χ1n) is 16.9. The van der Waals surface area contributed by atoms with Gasteiger partial charge in [0.2, 0.25) is 5.91 Å². The molecule has 4 aromatic carbocycles. The van der Waals surface area contributed by atoms with E-state index in [1.165, 1.54) is 0 Å². The second-order valence-electron chi connectivity index (χ2n) is 13.8. The Morgan fingerprint density at radius 1 is 0.940 bits per heavy atom. The van der Waals surface area contributed by atoms with Gasteiger partial charge >= 0.3 is 0 Å². The normalized spacial score (nSPS) is 21.3. The number of aliphatic hydroxyl groups excluding tert-OH is 1. The summed E-state index contributed by atoms with van der Waals surface area (Å²) in [7, 11) is -2.99. The average molecular weight is 693 g/mol. The van der Waals surface area contributed by atoms with Crippen molar-refractivity contribution in [1.29, 1.82) is 0 Å². The SMILES string of the molecule is C[C@@H]1[C@@H]([Si](C)(C)O)[C@H](CC(=O)N(CCO)Cc2ccccc2)O[C@@]12C(=O)N(Cc1ccc(NC(=O)c3ccc(N)cc3)cc1)c1ccccc12. The Kier molecular flexibility index (Phi) is 9.95. The van der Waals surface area contributed by atoms with Crippen LogP contribution in [0.25, 0.3) is 0 Å². The van der Waals surface area contributed by atoms with Gasteiger partial charge in [-0.15, -0.1) is 0 Å². The zero-order chi connectivity index (χ0) is 35.6. The standard InChI is InChI=1S/C39H44N4O6Si/c1-26-36(50(2,3)48)34(23-35(45)42(21-22-44)24-27-9-5-4-6-10-27)49-39(26)32-11-7-8-12-33(32)43(38(39)47)25-28-13-19-31(20-14-28)41-37(46)29-15-17-30(40)18-16-29/h4-20,26,34,36,44,48H,21-25,40H2,1-3H3,(H,41,46)/t26-,34+,36-,39+/m1/s1. The van der Waals surface area contributed by atoms with E-state index >= 15 is 0 Å². The molecule has 0 unspecified atom stereocenters. The zero-order valence-corrected chi connectivity index (χ0v) is 29.6. The van der Waals surface area contributed by atoms with Gasteiger partial charge in [-0.1, -0.05) is 67.6 Å². The Morgan fingerprint density at radius 2 is 1.60 bits per heavy atom. The molecule has 5 N–H and O–H groups in total. The first-order chi connectivity index (χ1) is 23.9. The van der Waals surface area contributed by atoms with Crippen LogP contribution < -0.4 is 16.0 Å². The van der Waals surface area contributed by atoms with Crippen molar-refractivity contribution < 1.29 is 29.0 Å². The van der Waals surface area contributed by atoms with Gasteiger partial charge in [0.05, 0.1) is 31.4 Å². The van der Waals surface area contributed by atoms with Gasteiger partial charge < -0.3 is 35.5 Å². The summed E-state index contributed by atoms with van der Waals surface area (Å²) in [4.78, 5) is 56.2. The molecule has 2 aliphatic rings. The molecule has 1 saturated heterocycles. The van der Waals surface area contributed by atoms with Crippen LogP contribution in [0.2, 0.25) is 18.6 Å². The van der Waals surface area contributed by atoms with E-state index in [9.17, 15) is 24.3 Å². The maximum absolute atomic E-state index is 14.7. The van der Waals surface area contributed by atoms with Crippen LogP contribution in [0.1, 0.15) is 40.4 Å². The number of amides is 3. The molecule has 6 rings (SSSR count). The van der Waals surface area contributed by atoms with Crippen molar-refractivity contribution in [3.05, 3.63) is 125 Å². The molecule has 2 heterocycles. The monoisotopic (exact) mass is 692 g/mol. The lowest BCUT2D eigenvalue weighted by molar-refractivity contribution is -0.150. The highest BCUT2D eigenvalue weighted by atomic mass is 28.4. The highest BCUT2D eigenvalue weighted by Crippen LogP contribution is 2.59. The lowest BCUT2D eigenvalue weighted by Crippen LogP contribution is -2.46. The summed E-state index contributed by atoms with van der Waals surface area (Å²) in [6.07, 6.45) is -0.735. The van der Waals surface area contributed by atoms with Gasteiger partial charge in [0.15, 0.2) is 13.9 Å². The molecule has 0 radical (unpaired) electrons. The van der Waals surface area contributed by atoms with Gasteiger partial charge in [-0.2, -0.15) is 0 Å². The third-order valence-corrected chi connectivity index (χ3v) is 12.4. The van der Waals surface area contributed by atoms with E-state index in [2.05, 4.69) is 5.32 Å². The number of hydrogen-bond donors (Lipinski definition) is 4. The van der Waals surface area contributed by atoms with Crippen LogP contribution in [0.4, 0.5) is 17.1 Å². The number of fused-ring (bicyclic) bond motifs is 2. The molecule has 11 heteroatoms. The van der Waals surface area contributed by atoms with E-state index < -0.39 is 31.5 Å². The van der Waals surface area contributed by atoms with Crippen molar-refractivity contribution in [2.45, 2.75) is 56.8 Å². The molecular weight excluding hydrogens is 649 g/mol. The molecule has 1 fully saturated rings. The summed E-state index contributed by atoms with van der Waals surface area (Å²) < 4.78 is 6.85. The molecule has 4 aromatic rings. The molecular formula is C39H44N4O6Si. The number of benzene rings is 4. The highest BCUT2D eigenvalue weighted by Gasteiger charge is 2.66. The number of nitrogens with one attached hydrogen (secondary N) is 1. The van der Waals surface area contributed by atoms with Crippen molar-refractivity contribution in [2.75, 3.05) is 29.1 Å². The number of para-hydroxylation sites is 1. The third-order valence-electron chi connectivity index (χ3n) is 9.93. The van der Waals surface area contributed by atoms with E-state index in [0.717, 1.165) is 22.4 Å². The first-order valence-corrected chi connectivity index (χ1v) is 19.9. The topological polar surface area (TPSA) is 145 Å². The van der Waals surface area contributed by atoms with Crippen LogP contribution in [-0.2, 0) is 33.0 Å². The zero-order valence-electron chi connectivity index (χ0n) is 28.6. The average Bonchev–Trinajstić information content (AvgIpc) is 3.52. The minimum Gasteiger partial charge on any atom is -0.432 e. The predicted molar refractivity (Wildman–Crippen MR) is 196 cm³/mol. The number of ether oxygens (including phenoxy) is 1. The maximum Gasteiger partial charge on any atom is 0.264 e. The van der Waals surface area contributed by atoms with Crippen molar-refractivity contribution in [2.24, 2.45) is 5.92 Å². The second-order valence-corrected chi connectivity index (χ2v) is 17.7. The lowest BCUT2D eigenvalue weighted by Gasteiger charge is -2.32. The van der Waals surface area contributed by atoms with Gasteiger partial charge in [0.25, 0.3) is 11.8 Å². The van der Waals surface area contributed by atoms with E-state index in [1.807, 2.05) is 86.7 Å². The largest absolute Gasteiger partial charge is 0.432 e. The van der Waals surface area contributed by atoms with Crippen LogP contribution in [0.15, 0.2) is 103 Å². The summed E-state index contributed by atoms with van der Waals surface area (Å²) in [5.41, 5.74) is 8.85. The predicted octanol–water partition coefficient (Wildman–Crippen LogP) is 5.28. The summed E-state index contributed by atoms with van der Waals surface area (Å²) in [6.45, 7) is 6.18. The van der Waals surface area contributed by atoms with E-state index in [0.29, 0.717) is 23.5 Å². The molecule has 3 amide bonds. The molecule has 0 aromatic heterocycles. The maximum atomic E-state index is 14.7. The molecule has 260 valence electrons. The Morgan fingerprint density at radius 3 is 2.26 bits per heavy atom. The van der Waals surface area contributed by atoms with Crippen LogP contribution in [0.5, 0.6) is 0 Å². The number of nitrogens with zero attached hydrogens (tertiary/aromatic N) is 2. The molecule has 4 atom stereocenters. The minimum atomic E-state index is -2.99. The van der Waals surface area contributed by atoms with Crippen molar-refractivity contribution in [3.63, 3.8) is 0 Å². The van der Waals surface area contributed by atoms with Crippen LogP contribution in [0, 0.1) is 5.92 Å². The summed E-state index contributed by atoms with van der Waals surface area (Å²) in [5.74, 6) is -1.12. The fraction of sp³-hybridized carbons (Fsp3) is 0.308. The number of anilines is 3. The van der Waals surface area contributed by atoms with Crippen molar-refractivity contribution >= 4 is 43.1 Å². The van der Waals surface area contributed by atoms with E-state index in [-0.39, 0.29) is 43.8 Å². The van der Waals surface area contributed by atoms with Crippen molar-refractivity contribution in [1.82, 2.24) is 4.90 Å². The number of carbonyl (C=O) groups is 3. The van der Waals surface area contributed by atoms with Crippen LogP contribution in [-0.4, -0.2) is 60.1 Å². The fourth-order valence-electron chi connectivity index (χ4n) is 7.62. The summed E-state index contributed by atoms with van der Waals surface area (Å²) >= 11 is 0. The molecule has 0 bridgehead atoms. The lowest BCUT2D eigenvalue weighted by atomic mass is 9.82. The van der Waals surface area contributed by atoms with Crippen molar-refractivity contribution in [3.8, 4) is 0 Å². The number of nitrogen functional groups attached to an aromatic ring is 1. The van der Waals surface area contributed by atoms with Gasteiger partial charge in [0, 0.05) is 47.1 Å². The Balaban J connectivity index is 1.24. The fourth-order valence-corrected chi connectivity index (χ4v) is 10.2. The first kappa shape index (κ1) is 35.0. The second kappa shape index (κ2) is 14.2. The quantitative estimate of drug-likeness (QED) is 0.124. The molecule has 10 nitrogen and oxygen atoms in total. The molecule has 1 spiro atoms. The number of rotatable bonds is 11. The number of carbonyl (C=O) groups excluding carboxylic acids is 3. The minimum absolute atomic E-state index is 0.0282.